The summed E-state index contributed by atoms with van der Waals surface area (Å²) in [6, 6.07) is 2.58. The van der Waals surface area contributed by atoms with Gasteiger partial charge in [0.25, 0.3) is 0 Å². The molecule has 0 rings (SSSR count). The molecule has 0 aliphatic rings. The van der Waals surface area contributed by atoms with Gasteiger partial charge in [0, 0.05) is 6.54 Å². The van der Waals surface area contributed by atoms with Crippen molar-refractivity contribution in [2.75, 3.05) is 19.6 Å². The average molecular weight is 210 g/mol. The normalized spacial score (nSPS) is 9.67. The molecule has 0 amide bonds. The van der Waals surface area contributed by atoms with E-state index in [1.165, 1.54) is 0 Å². The second-order valence-electron chi connectivity index (χ2n) is 2.06. The fraction of sp³-hybridized carbons (Fsp3) is 0.857. The summed E-state index contributed by atoms with van der Waals surface area (Å²) < 4.78 is 0. The molecule has 0 unspecified atom stereocenters. The van der Waals surface area contributed by atoms with Gasteiger partial charge in [-0.1, -0.05) is 23.2 Å². The van der Waals surface area contributed by atoms with Crippen molar-refractivity contribution in [3.63, 3.8) is 0 Å². The van der Waals surface area contributed by atoms with Crippen LogP contribution in [0.1, 0.15) is 13.3 Å². The first kappa shape index (κ1) is 11.9. The number of hydrogen-bond donors (Lipinski definition) is 1. The van der Waals surface area contributed by atoms with Crippen LogP contribution in [0.15, 0.2) is 9.98 Å². The molecular weight excluding hydrogens is 197 g/mol. The Morgan fingerprint density at radius 3 is 2.75 bits per heavy atom. The van der Waals surface area contributed by atoms with Crippen molar-refractivity contribution in [3.8, 4) is 0 Å². The minimum Gasteiger partial charge on any atom is -0.289 e. The van der Waals surface area contributed by atoms with Crippen molar-refractivity contribution in [1.29, 1.82) is 0 Å². The molecule has 5 heteroatoms. The van der Waals surface area contributed by atoms with Gasteiger partial charge < -0.3 is 0 Å². The van der Waals surface area contributed by atoms with Gasteiger partial charge >= 0.3 is 0 Å². The van der Waals surface area contributed by atoms with Crippen molar-refractivity contribution in [3.05, 3.63) is 0 Å². The van der Waals surface area contributed by atoms with Crippen LogP contribution in [0.25, 0.3) is 0 Å². The van der Waals surface area contributed by atoms with Crippen molar-refractivity contribution in [2.45, 2.75) is 18.3 Å². The standard InChI is InChI=1S/C7H13Cl2N3/c1-2-10-6-11-4-3-5-12-7(8)9/h7,12H,2-5H2,1H3. The van der Waals surface area contributed by atoms with Gasteiger partial charge in [0.15, 0.2) is 4.96 Å². The molecule has 0 aromatic carbocycles. The zero-order valence-electron chi connectivity index (χ0n) is 7.06. The predicted molar refractivity (Wildman–Crippen MR) is 53.4 cm³/mol. The van der Waals surface area contributed by atoms with Gasteiger partial charge in [-0.25, -0.2) is 9.98 Å². The number of halogens is 2. The Hall–Kier alpha value is -0.0800. The van der Waals surface area contributed by atoms with E-state index in [2.05, 4.69) is 21.3 Å². The highest BCUT2D eigenvalue weighted by molar-refractivity contribution is 6.43. The van der Waals surface area contributed by atoms with E-state index in [4.69, 9.17) is 23.2 Å². The third-order valence-electron chi connectivity index (χ3n) is 1.04. The van der Waals surface area contributed by atoms with Crippen molar-refractivity contribution in [2.24, 2.45) is 9.98 Å². The number of rotatable bonds is 6. The van der Waals surface area contributed by atoms with Gasteiger partial charge in [0.1, 0.15) is 0 Å². The highest BCUT2D eigenvalue weighted by atomic mass is 35.5. The molecule has 0 aromatic rings. The summed E-state index contributed by atoms with van der Waals surface area (Å²) in [5.74, 6) is 0. The highest BCUT2D eigenvalue weighted by Crippen LogP contribution is 1.94. The van der Waals surface area contributed by atoms with Gasteiger partial charge in [0.2, 0.25) is 0 Å². The van der Waals surface area contributed by atoms with Crippen molar-refractivity contribution >= 4 is 29.2 Å². The van der Waals surface area contributed by atoms with Crippen LogP contribution in [0.5, 0.6) is 0 Å². The van der Waals surface area contributed by atoms with Crippen LogP contribution in [0.4, 0.5) is 0 Å². The van der Waals surface area contributed by atoms with E-state index < -0.39 is 4.96 Å². The van der Waals surface area contributed by atoms with Gasteiger partial charge in [0.05, 0.1) is 12.6 Å². The van der Waals surface area contributed by atoms with E-state index in [1.807, 2.05) is 6.92 Å². The lowest BCUT2D eigenvalue weighted by Crippen LogP contribution is -2.20. The maximum atomic E-state index is 5.43. The van der Waals surface area contributed by atoms with Crippen LogP contribution in [-0.4, -0.2) is 30.6 Å². The van der Waals surface area contributed by atoms with Gasteiger partial charge in [-0.05, 0) is 19.9 Å². The monoisotopic (exact) mass is 209 g/mol. The Morgan fingerprint density at radius 1 is 1.42 bits per heavy atom. The third kappa shape index (κ3) is 9.92. The molecule has 70 valence electrons. The molecule has 1 N–H and O–H groups in total. The molecule has 0 heterocycles. The minimum absolute atomic E-state index is 0.488. The smallest absolute Gasteiger partial charge is 0.158 e. The second-order valence-corrected chi connectivity index (χ2v) is 3.16. The first-order valence-corrected chi connectivity index (χ1v) is 4.74. The minimum atomic E-state index is -0.488. The van der Waals surface area contributed by atoms with E-state index in [0.717, 1.165) is 19.5 Å². The summed E-state index contributed by atoms with van der Waals surface area (Å²) in [4.78, 5) is 7.24. The summed E-state index contributed by atoms with van der Waals surface area (Å²) >= 11 is 10.9. The molecule has 12 heavy (non-hydrogen) atoms. The number of nitrogens with zero attached hydrogens (tertiary/aromatic N) is 2. The predicted octanol–water partition coefficient (Wildman–Crippen LogP) is 1.92. The molecule has 0 atom stereocenters. The van der Waals surface area contributed by atoms with E-state index >= 15 is 0 Å². The number of aliphatic imine (C=N–C) groups is 2. The largest absolute Gasteiger partial charge is 0.289 e. The molecule has 0 aliphatic heterocycles. The summed E-state index contributed by atoms with van der Waals surface area (Å²) in [5, 5.41) is 2.85. The fourth-order valence-electron chi connectivity index (χ4n) is 0.540. The molecule has 0 radical (unpaired) electrons. The zero-order chi connectivity index (χ0) is 9.23. The Balaban J connectivity index is 3.16. The van der Waals surface area contributed by atoms with E-state index in [0.29, 0.717) is 6.54 Å². The summed E-state index contributed by atoms with van der Waals surface area (Å²) in [5.41, 5.74) is 0. The molecule has 0 spiro atoms. The lowest BCUT2D eigenvalue weighted by molar-refractivity contribution is 0.698. The zero-order valence-corrected chi connectivity index (χ0v) is 8.57. The maximum Gasteiger partial charge on any atom is 0.158 e. The number of hydrogen-bond acceptors (Lipinski definition) is 3. The number of nitrogens with one attached hydrogen (secondary N) is 1. The molecule has 0 aromatic heterocycles. The molecule has 3 nitrogen and oxygen atoms in total. The van der Waals surface area contributed by atoms with Gasteiger partial charge in [-0.15, -0.1) is 0 Å². The van der Waals surface area contributed by atoms with Crippen LogP contribution < -0.4 is 5.32 Å². The van der Waals surface area contributed by atoms with Crippen LogP contribution in [0.2, 0.25) is 0 Å². The average Bonchev–Trinajstić information content (AvgIpc) is 2.02. The summed E-state index contributed by atoms with van der Waals surface area (Å²) in [6.07, 6.45) is 0.891. The molecule has 0 aliphatic carbocycles. The molecule has 0 saturated heterocycles. The summed E-state index contributed by atoms with van der Waals surface area (Å²) in [7, 11) is 0. The van der Waals surface area contributed by atoms with Crippen molar-refractivity contribution < 1.29 is 0 Å². The number of alkyl halides is 2. The lowest BCUT2D eigenvalue weighted by atomic mass is 10.4. The maximum absolute atomic E-state index is 5.43. The fourth-order valence-corrected chi connectivity index (χ4v) is 0.758. The molecule has 0 saturated carbocycles. The van der Waals surface area contributed by atoms with Crippen LogP contribution >= 0.6 is 23.2 Å². The van der Waals surface area contributed by atoms with Crippen LogP contribution in [-0.2, 0) is 0 Å². The second kappa shape index (κ2) is 9.01. The van der Waals surface area contributed by atoms with Crippen molar-refractivity contribution in [1.82, 2.24) is 5.32 Å². The first-order chi connectivity index (χ1) is 5.77. The SMILES string of the molecule is CCN=C=NCCCNC(Cl)Cl. The highest BCUT2D eigenvalue weighted by Gasteiger charge is 1.93. The molecule has 0 bridgehead atoms. The molecular formula is C7H13Cl2N3. The van der Waals surface area contributed by atoms with Gasteiger partial charge in [-0.2, -0.15) is 0 Å². The lowest BCUT2D eigenvalue weighted by Gasteiger charge is -2.00. The Labute approximate surface area is 82.9 Å². The van der Waals surface area contributed by atoms with Crippen LogP contribution in [0.3, 0.4) is 0 Å². The van der Waals surface area contributed by atoms with Crippen LogP contribution in [0, 0.1) is 0 Å². The van der Waals surface area contributed by atoms with E-state index in [1.54, 1.807) is 0 Å². The molecule has 0 fully saturated rings. The third-order valence-corrected chi connectivity index (χ3v) is 1.35. The first-order valence-electron chi connectivity index (χ1n) is 3.87. The van der Waals surface area contributed by atoms with E-state index in [9.17, 15) is 0 Å². The Kier molecular flexibility index (Phi) is 8.95. The summed E-state index contributed by atoms with van der Waals surface area (Å²) in [6.45, 7) is 4.13. The Morgan fingerprint density at radius 2 is 2.17 bits per heavy atom. The Bertz CT molecular complexity index is 153. The topological polar surface area (TPSA) is 36.8 Å². The van der Waals surface area contributed by atoms with E-state index in [-0.39, 0.29) is 0 Å². The van der Waals surface area contributed by atoms with Gasteiger partial charge in [-0.3, -0.25) is 5.32 Å². The quantitative estimate of drug-likeness (QED) is 0.309.